The zero-order valence-corrected chi connectivity index (χ0v) is 20.5. The van der Waals surface area contributed by atoms with E-state index in [0.29, 0.717) is 11.8 Å². The van der Waals surface area contributed by atoms with E-state index >= 15 is 0 Å². The first-order valence-electron chi connectivity index (χ1n) is 11.0. The Morgan fingerprint density at radius 2 is 1.33 bits per heavy atom. The summed E-state index contributed by atoms with van der Waals surface area (Å²) in [5.74, 6) is 0.885. The molecule has 0 aliphatic heterocycles. The summed E-state index contributed by atoms with van der Waals surface area (Å²) >= 11 is 0. The van der Waals surface area contributed by atoms with Gasteiger partial charge in [-0.1, -0.05) is 119 Å². The summed E-state index contributed by atoms with van der Waals surface area (Å²) in [6, 6.07) is 24.2. The Morgan fingerprint density at radius 3 is 1.87 bits per heavy atom. The van der Waals surface area contributed by atoms with Gasteiger partial charge >= 0.3 is 0 Å². The maximum absolute atomic E-state index is 5.12. The predicted molar refractivity (Wildman–Crippen MR) is 137 cm³/mol. The molecular weight excluding hydrogens is 378 g/mol. The van der Waals surface area contributed by atoms with Crippen LogP contribution in [0.3, 0.4) is 0 Å². The Bertz CT molecular complexity index is 998. The number of benzene rings is 3. The molecule has 0 atom stereocenters. The summed E-state index contributed by atoms with van der Waals surface area (Å²) in [6.45, 7) is 16.2. The number of rotatable bonds is 6. The molecule has 2 heteroatoms. The Labute approximate surface area is 183 Å². The van der Waals surface area contributed by atoms with Crippen LogP contribution >= 0.6 is 0 Å². The quantitative estimate of drug-likeness (QED) is 0.288. The van der Waals surface area contributed by atoms with Gasteiger partial charge in [-0.25, -0.2) is 0 Å². The standard InChI is InChI=1S/C28H35NSi/c1-20(2)25-14-11-15-26(21(3)4)28(25)29-19-23-18-24(30(5,6)7)16-17-27(23)22-12-9-8-10-13-22/h8-21H,1-7H3. The van der Waals surface area contributed by atoms with E-state index in [1.807, 2.05) is 0 Å². The van der Waals surface area contributed by atoms with Gasteiger partial charge in [-0.15, -0.1) is 0 Å². The van der Waals surface area contributed by atoms with Crippen LogP contribution in [0.5, 0.6) is 0 Å². The third-order valence-electron chi connectivity index (χ3n) is 5.68. The molecule has 1 nitrogen and oxygen atoms in total. The molecule has 3 aromatic rings. The highest BCUT2D eigenvalue weighted by atomic mass is 28.3. The van der Waals surface area contributed by atoms with Gasteiger partial charge in [0.15, 0.2) is 0 Å². The molecule has 0 aromatic heterocycles. The van der Waals surface area contributed by atoms with Crippen LogP contribution in [0.15, 0.2) is 71.7 Å². The monoisotopic (exact) mass is 413 g/mol. The molecule has 3 rings (SSSR count). The summed E-state index contributed by atoms with van der Waals surface area (Å²) < 4.78 is 0. The Hall–Kier alpha value is -2.45. The second-order valence-corrected chi connectivity index (χ2v) is 14.8. The fraction of sp³-hybridized carbons (Fsp3) is 0.321. The minimum absolute atomic E-state index is 0.442. The van der Waals surface area contributed by atoms with E-state index in [1.165, 1.54) is 33.0 Å². The lowest BCUT2D eigenvalue weighted by molar-refractivity contribution is 0.835. The van der Waals surface area contributed by atoms with Gasteiger partial charge in [0.1, 0.15) is 0 Å². The fourth-order valence-corrected chi connectivity index (χ4v) is 4.98. The maximum Gasteiger partial charge on any atom is 0.0776 e. The van der Waals surface area contributed by atoms with Crippen molar-refractivity contribution in [1.29, 1.82) is 0 Å². The lowest BCUT2D eigenvalue weighted by Gasteiger charge is -2.19. The van der Waals surface area contributed by atoms with Gasteiger partial charge in [-0.3, -0.25) is 4.99 Å². The second kappa shape index (κ2) is 9.14. The molecule has 0 heterocycles. The Morgan fingerprint density at radius 1 is 0.733 bits per heavy atom. The third kappa shape index (κ3) is 4.99. The lowest BCUT2D eigenvalue weighted by atomic mass is 9.93. The van der Waals surface area contributed by atoms with Gasteiger partial charge < -0.3 is 0 Å². The first-order chi connectivity index (χ1) is 14.2. The Balaban J connectivity index is 2.18. The topological polar surface area (TPSA) is 12.4 Å². The molecule has 156 valence electrons. The summed E-state index contributed by atoms with van der Waals surface area (Å²) in [7, 11) is -1.42. The van der Waals surface area contributed by atoms with Crippen LogP contribution < -0.4 is 5.19 Å². The maximum atomic E-state index is 5.12. The van der Waals surface area contributed by atoms with Crippen LogP contribution in [0.25, 0.3) is 11.1 Å². The molecule has 0 N–H and O–H groups in total. The molecule has 30 heavy (non-hydrogen) atoms. The van der Waals surface area contributed by atoms with Crippen molar-refractivity contribution in [3.63, 3.8) is 0 Å². The second-order valence-electron chi connectivity index (χ2n) is 9.77. The average molecular weight is 414 g/mol. The normalized spacial score (nSPS) is 12.3. The molecule has 0 aliphatic carbocycles. The van der Waals surface area contributed by atoms with Crippen LogP contribution in [0.4, 0.5) is 5.69 Å². The van der Waals surface area contributed by atoms with Crippen molar-refractivity contribution in [2.45, 2.75) is 59.2 Å². The SMILES string of the molecule is CC(C)c1cccc(C(C)C)c1N=Cc1cc([Si](C)(C)C)ccc1-c1ccccc1. The minimum atomic E-state index is -1.42. The van der Waals surface area contributed by atoms with Gasteiger partial charge in [-0.05, 0) is 34.1 Å². The molecule has 0 bridgehead atoms. The van der Waals surface area contributed by atoms with Crippen molar-refractivity contribution in [3.8, 4) is 11.1 Å². The number of hydrogen-bond acceptors (Lipinski definition) is 1. The van der Waals surface area contributed by atoms with Crippen molar-refractivity contribution in [3.05, 3.63) is 83.4 Å². The molecule has 0 fully saturated rings. The van der Waals surface area contributed by atoms with Gasteiger partial charge in [0.05, 0.1) is 13.8 Å². The number of nitrogens with zero attached hydrogens (tertiary/aromatic N) is 1. The van der Waals surface area contributed by atoms with E-state index in [9.17, 15) is 0 Å². The van der Waals surface area contributed by atoms with Crippen molar-refractivity contribution >= 4 is 25.2 Å². The van der Waals surface area contributed by atoms with Crippen LogP contribution in [-0.4, -0.2) is 14.3 Å². The van der Waals surface area contributed by atoms with E-state index in [2.05, 4.69) is 120 Å². The van der Waals surface area contributed by atoms with Crippen molar-refractivity contribution < 1.29 is 0 Å². The van der Waals surface area contributed by atoms with Crippen molar-refractivity contribution in [1.82, 2.24) is 0 Å². The largest absolute Gasteiger partial charge is 0.256 e. The molecular formula is C28H35NSi. The van der Waals surface area contributed by atoms with Gasteiger partial charge in [0.25, 0.3) is 0 Å². The molecule has 0 unspecified atom stereocenters. The van der Waals surface area contributed by atoms with Crippen LogP contribution in [0, 0.1) is 0 Å². The highest BCUT2D eigenvalue weighted by molar-refractivity contribution is 6.88. The van der Waals surface area contributed by atoms with Crippen LogP contribution in [-0.2, 0) is 0 Å². The predicted octanol–water partition coefficient (Wildman–Crippen LogP) is 7.90. The highest BCUT2D eigenvalue weighted by Crippen LogP contribution is 2.35. The summed E-state index contributed by atoms with van der Waals surface area (Å²) in [6.07, 6.45) is 2.10. The smallest absolute Gasteiger partial charge is 0.0776 e. The van der Waals surface area contributed by atoms with Crippen molar-refractivity contribution in [2.75, 3.05) is 0 Å². The van der Waals surface area contributed by atoms with Gasteiger partial charge in [0.2, 0.25) is 0 Å². The third-order valence-corrected chi connectivity index (χ3v) is 7.72. The molecule has 0 aliphatic rings. The zero-order valence-electron chi connectivity index (χ0n) is 19.5. The first-order valence-corrected chi connectivity index (χ1v) is 14.5. The summed E-state index contributed by atoms with van der Waals surface area (Å²) in [5.41, 5.74) is 7.46. The Kier molecular flexibility index (Phi) is 6.77. The average Bonchev–Trinajstić information content (AvgIpc) is 2.71. The van der Waals surface area contributed by atoms with Crippen LogP contribution in [0.1, 0.15) is 56.2 Å². The highest BCUT2D eigenvalue weighted by Gasteiger charge is 2.18. The van der Waals surface area contributed by atoms with Crippen molar-refractivity contribution in [2.24, 2.45) is 4.99 Å². The van der Waals surface area contributed by atoms with Gasteiger partial charge in [0, 0.05) is 11.8 Å². The number of para-hydroxylation sites is 1. The van der Waals surface area contributed by atoms with Crippen LogP contribution in [0.2, 0.25) is 19.6 Å². The molecule has 0 saturated carbocycles. The first kappa shape index (κ1) is 22.2. The van der Waals surface area contributed by atoms with Gasteiger partial charge in [-0.2, -0.15) is 0 Å². The van der Waals surface area contributed by atoms with E-state index in [0.717, 1.165) is 5.69 Å². The van der Waals surface area contributed by atoms with E-state index in [4.69, 9.17) is 4.99 Å². The summed E-state index contributed by atoms with van der Waals surface area (Å²) in [5, 5.41) is 1.46. The molecule has 0 amide bonds. The van der Waals surface area contributed by atoms with E-state index in [-0.39, 0.29) is 0 Å². The number of hydrogen-bond donors (Lipinski definition) is 0. The summed E-state index contributed by atoms with van der Waals surface area (Å²) in [4.78, 5) is 5.12. The zero-order chi connectivity index (χ0) is 21.9. The lowest BCUT2D eigenvalue weighted by Crippen LogP contribution is -2.37. The fourth-order valence-electron chi connectivity index (χ4n) is 3.81. The molecule has 0 spiro atoms. The number of aliphatic imine (C=N–C) groups is 1. The van der Waals surface area contributed by atoms with E-state index < -0.39 is 8.07 Å². The molecule has 3 aromatic carbocycles. The molecule has 0 saturated heterocycles. The molecule has 0 radical (unpaired) electrons. The minimum Gasteiger partial charge on any atom is -0.256 e. The van der Waals surface area contributed by atoms with E-state index in [1.54, 1.807) is 0 Å².